The lowest BCUT2D eigenvalue weighted by atomic mass is 9.91. The summed E-state index contributed by atoms with van der Waals surface area (Å²) < 4.78 is 0. The van der Waals surface area contributed by atoms with Gasteiger partial charge in [-0.05, 0) is 10.5 Å². The Hall–Kier alpha value is -2.43. The minimum atomic E-state index is -0.187. The number of hydrogen-bond donors (Lipinski definition) is 0. The van der Waals surface area contributed by atoms with Gasteiger partial charge in [-0.2, -0.15) is 0 Å². The summed E-state index contributed by atoms with van der Waals surface area (Å²) in [6, 6.07) is 7.19. The predicted molar refractivity (Wildman–Crippen MR) is 55.3 cm³/mol. The zero-order valence-corrected chi connectivity index (χ0v) is 8.12. The van der Waals surface area contributed by atoms with Crippen LogP contribution in [0, 0.1) is 4.91 Å². The number of nitrogens with zero attached hydrogens (tertiary/aromatic N) is 3. The maximum Gasteiger partial charge on any atom is 0.219 e. The summed E-state index contributed by atoms with van der Waals surface area (Å²) in [5.41, 5.74) is 2.13. The lowest BCUT2D eigenvalue weighted by molar-refractivity contribution is -0.495. The Bertz CT molecular complexity index is 611. The van der Waals surface area contributed by atoms with Crippen LogP contribution in [0.2, 0.25) is 0 Å². The Balaban J connectivity index is 2.27. The molecule has 0 saturated carbocycles. The molecule has 2 aliphatic rings. The van der Waals surface area contributed by atoms with Crippen molar-refractivity contribution >= 4 is 11.9 Å². The first-order valence-electron chi connectivity index (χ1n) is 4.71. The van der Waals surface area contributed by atoms with Crippen LogP contribution in [0.5, 0.6) is 0 Å². The molecular formula is C11H6N3O2+. The molecule has 5 nitrogen and oxygen atoms in total. The molecule has 0 N–H and O–H groups in total. The van der Waals surface area contributed by atoms with Crippen LogP contribution in [-0.4, -0.2) is 10.7 Å². The summed E-state index contributed by atoms with van der Waals surface area (Å²) in [5, 5.41) is 7.02. The van der Waals surface area contributed by atoms with Gasteiger partial charge in [0.2, 0.25) is 11.5 Å². The Labute approximate surface area is 90.3 Å². The van der Waals surface area contributed by atoms with Crippen LogP contribution in [0.4, 0.5) is 0 Å². The van der Waals surface area contributed by atoms with Crippen molar-refractivity contribution in [2.24, 2.45) is 10.3 Å². The van der Waals surface area contributed by atoms with E-state index in [0.29, 0.717) is 21.7 Å². The molecule has 76 valence electrons. The first-order valence-corrected chi connectivity index (χ1v) is 4.71. The van der Waals surface area contributed by atoms with Crippen LogP contribution in [0.1, 0.15) is 15.9 Å². The van der Waals surface area contributed by atoms with E-state index >= 15 is 0 Å². The lowest BCUT2D eigenvalue weighted by Gasteiger charge is -2.11. The third-order valence-corrected chi connectivity index (χ3v) is 2.50. The Morgan fingerprint density at radius 2 is 2.00 bits per heavy atom. The van der Waals surface area contributed by atoms with Crippen LogP contribution in [0.25, 0.3) is 6.08 Å². The number of benzene rings is 1. The van der Waals surface area contributed by atoms with Crippen molar-refractivity contribution in [3.63, 3.8) is 0 Å². The predicted octanol–water partition coefficient (Wildman–Crippen LogP) is 2.27. The largest absolute Gasteiger partial charge is 0.288 e. The fraction of sp³-hybridized carbons (Fsp3) is 0. The Morgan fingerprint density at radius 3 is 2.88 bits per heavy atom. The van der Waals surface area contributed by atoms with Crippen molar-refractivity contribution < 1.29 is 9.66 Å². The minimum absolute atomic E-state index is 0.187. The zero-order valence-electron chi connectivity index (χ0n) is 8.12. The van der Waals surface area contributed by atoms with E-state index in [1.807, 2.05) is 12.1 Å². The van der Waals surface area contributed by atoms with E-state index in [-0.39, 0.29) is 5.78 Å². The Morgan fingerprint density at radius 1 is 1.19 bits per heavy atom. The average Bonchev–Trinajstić information content (AvgIpc) is 2.31. The third-order valence-electron chi connectivity index (χ3n) is 2.50. The molecule has 1 heterocycles. The van der Waals surface area contributed by atoms with Gasteiger partial charge >= 0.3 is 0 Å². The molecule has 1 aromatic carbocycles. The monoisotopic (exact) mass is 212 g/mol. The summed E-state index contributed by atoms with van der Waals surface area (Å²) in [4.78, 5) is 23.3. The molecule has 3 rings (SSSR count). The molecule has 5 heteroatoms. The SMILES string of the molecule is O=C1C2=C[N+](=O)N=NC2=Cc2ccccc21. The van der Waals surface area contributed by atoms with E-state index < -0.39 is 0 Å². The van der Waals surface area contributed by atoms with E-state index in [2.05, 4.69) is 10.3 Å². The summed E-state index contributed by atoms with van der Waals surface area (Å²) in [6.07, 6.45) is 2.90. The highest BCUT2D eigenvalue weighted by Crippen LogP contribution is 2.30. The smallest absolute Gasteiger partial charge is 0.219 e. The van der Waals surface area contributed by atoms with Crippen LogP contribution in [0.3, 0.4) is 0 Å². The molecule has 0 bridgehead atoms. The van der Waals surface area contributed by atoms with Crippen LogP contribution >= 0.6 is 0 Å². The van der Waals surface area contributed by atoms with E-state index in [0.717, 1.165) is 11.8 Å². The van der Waals surface area contributed by atoms with E-state index in [1.165, 1.54) is 0 Å². The number of fused-ring (bicyclic) bond motifs is 2. The molecule has 1 aromatic rings. The third kappa shape index (κ3) is 1.15. The van der Waals surface area contributed by atoms with Gasteiger partial charge in [0, 0.05) is 11.6 Å². The molecule has 0 aromatic heterocycles. The zero-order chi connectivity index (χ0) is 11.1. The first kappa shape index (κ1) is 8.84. The topological polar surface area (TPSA) is 61.9 Å². The van der Waals surface area contributed by atoms with Gasteiger partial charge in [0.1, 0.15) is 10.4 Å². The highest BCUT2D eigenvalue weighted by atomic mass is 16.3. The second kappa shape index (κ2) is 3.03. The number of ketones is 1. The minimum Gasteiger partial charge on any atom is -0.288 e. The molecule has 0 spiro atoms. The van der Waals surface area contributed by atoms with E-state index in [4.69, 9.17) is 0 Å². The van der Waals surface area contributed by atoms with Crippen molar-refractivity contribution in [3.8, 4) is 0 Å². The van der Waals surface area contributed by atoms with E-state index in [1.54, 1.807) is 18.2 Å². The van der Waals surface area contributed by atoms with Gasteiger partial charge in [-0.3, -0.25) is 4.79 Å². The molecule has 0 fully saturated rings. The van der Waals surface area contributed by atoms with Crippen molar-refractivity contribution in [2.75, 3.05) is 0 Å². The van der Waals surface area contributed by atoms with Gasteiger partial charge in [-0.1, -0.05) is 24.3 Å². The van der Waals surface area contributed by atoms with Gasteiger partial charge < -0.3 is 0 Å². The summed E-state index contributed by atoms with van der Waals surface area (Å²) >= 11 is 0. The second-order valence-corrected chi connectivity index (χ2v) is 3.48. The highest BCUT2D eigenvalue weighted by molar-refractivity contribution is 6.16. The summed E-state index contributed by atoms with van der Waals surface area (Å²) in [5.74, 6) is -0.187. The molecule has 0 unspecified atom stereocenters. The van der Waals surface area contributed by atoms with Crippen molar-refractivity contribution in [2.45, 2.75) is 0 Å². The second-order valence-electron chi connectivity index (χ2n) is 3.48. The summed E-state index contributed by atoms with van der Waals surface area (Å²) in [7, 11) is 0. The van der Waals surface area contributed by atoms with Crippen LogP contribution < -0.4 is 0 Å². The summed E-state index contributed by atoms with van der Waals surface area (Å²) in [6.45, 7) is 0. The fourth-order valence-electron chi connectivity index (χ4n) is 1.75. The van der Waals surface area contributed by atoms with Crippen molar-refractivity contribution in [1.29, 1.82) is 0 Å². The van der Waals surface area contributed by atoms with Gasteiger partial charge in [0.25, 0.3) is 0 Å². The molecule has 0 saturated heterocycles. The fourth-order valence-corrected chi connectivity index (χ4v) is 1.75. The number of nitroso groups, excluding NO2 is 1. The molecule has 16 heavy (non-hydrogen) atoms. The number of carbonyl (C=O) groups excluding carboxylic acids is 1. The number of hydrogen-bond acceptors (Lipinski definition) is 3. The van der Waals surface area contributed by atoms with Crippen molar-refractivity contribution in [1.82, 2.24) is 0 Å². The van der Waals surface area contributed by atoms with Gasteiger partial charge in [-0.15, -0.1) is 0 Å². The quantitative estimate of drug-likeness (QED) is 0.619. The standard InChI is InChI=1S/C11H6N3O2/c15-11-8-4-2-1-3-7(8)5-10-9(11)6-14(16)13-12-10/h1-6H/q+1. The van der Waals surface area contributed by atoms with Crippen LogP contribution in [-0.2, 0) is 0 Å². The normalized spacial score (nSPS) is 17.5. The van der Waals surface area contributed by atoms with E-state index in [9.17, 15) is 9.70 Å². The highest BCUT2D eigenvalue weighted by Gasteiger charge is 2.32. The molecule has 1 aliphatic carbocycles. The number of carbonyl (C=O) groups is 1. The lowest BCUT2D eigenvalue weighted by Crippen LogP contribution is -2.15. The maximum absolute atomic E-state index is 12.0. The van der Waals surface area contributed by atoms with Crippen molar-refractivity contribution in [3.05, 3.63) is 57.8 Å². The first-order chi connectivity index (χ1) is 7.75. The molecule has 0 radical (unpaired) electrons. The number of rotatable bonds is 0. The number of allylic oxidation sites excluding steroid dienone is 1. The molecule has 0 atom stereocenters. The van der Waals surface area contributed by atoms with Gasteiger partial charge in [0.05, 0.1) is 5.11 Å². The molecule has 0 amide bonds. The van der Waals surface area contributed by atoms with Gasteiger partial charge in [0.15, 0.2) is 11.4 Å². The molecule has 1 aliphatic heterocycles. The Kier molecular flexibility index (Phi) is 1.67. The number of Topliss-reactive ketones (excluding diaryl/α,β-unsaturated/α-hetero) is 1. The van der Waals surface area contributed by atoms with Gasteiger partial charge in [-0.25, -0.2) is 0 Å². The average molecular weight is 212 g/mol. The maximum atomic E-state index is 12.0. The van der Waals surface area contributed by atoms with Crippen LogP contribution in [0.15, 0.2) is 52.1 Å². The molecular weight excluding hydrogens is 206 g/mol.